The Morgan fingerprint density at radius 3 is 3.00 bits per heavy atom. The van der Waals surface area contributed by atoms with E-state index in [-0.39, 0.29) is 0 Å². The number of carbonyl (C=O) groups excluding carboxylic acids is 1. The van der Waals surface area contributed by atoms with Crippen molar-refractivity contribution in [3.8, 4) is 0 Å². The molecule has 0 aliphatic rings. The minimum absolute atomic E-state index is 0.801. The van der Waals surface area contributed by atoms with Gasteiger partial charge in [-0.15, -0.1) is 5.73 Å². The minimum atomic E-state index is -0.806. The highest BCUT2D eigenvalue weighted by Crippen LogP contribution is 1.77. The van der Waals surface area contributed by atoms with Gasteiger partial charge in [-0.05, 0) is 12.5 Å². The molecule has 0 aliphatic carbocycles. The monoisotopic (exact) mass is 128 g/mol. The Morgan fingerprint density at radius 2 is 2.56 bits per heavy atom. The van der Waals surface area contributed by atoms with Crippen LogP contribution in [0.3, 0.4) is 0 Å². The van der Waals surface area contributed by atoms with Crippen LogP contribution in [-0.4, -0.2) is 11.2 Å². The first-order valence-corrected chi connectivity index (χ1v) is 2.57. The van der Waals surface area contributed by atoms with Gasteiger partial charge in [-0.1, -0.05) is 6.92 Å². The van der Waals surface area contributed by atoms with E-state index < -0.39 is 5.97 Å². The third-order valence-corrected chi connectivity index (χ3v) is 0.613. The fraction of sp³-hybridized carbons (Fsp3) is 0.333. The van der Waals surface area contributed by atoms with Crippen molar-refractivity contribution >= 4 is 5.97 Å². The average Bonchev–Trinajstić information content (AvgIpc) is 1.89. The lowest BCUT2D eigenvalue weighted by molar-refractivity contribution is -0.228. The summed E-state index contributed by atoms with van der Waals surface area (Å²) in [6, 6.07) is 0. The Balaban J connectivity index is 3.69. The van der Waals surface area contributed by atoms with Crippen molar-refractivity contribution in [2.24, 2.45) is 0 Å². The first-order chi connectivity index (χ1) is 4.31. The van der Waals surface area contributed by atoms with Crippen molar-refractivity contribution in [1.82, 2.24) is 0 Å². The van der Waals surface area contributed by atoms with E-state index in [1.54, 1.807) is 6.08 Å². The highest BCUT2D eigenvalue weighted by atomic mass is 17.1. The van der Waals surface area contributed by atoms with Crippen LogP contribution in [0.4, 0.5) is 0 Å². The lowest BCUT2D eigenvalue weighted by Gasteiger charge is -1.80. The fourth-order valence-corrected chi connectivity index (χ4v) is 0.271. The van der Waals surface area contributed by atoms with Gasteiger partial charge >= 0.3 is 5.97 Å². The van der Waals surface area contributed by atoms with E-state index in [0.29, 0.717) is 0 Å². The second kappa shape index (κ2) is 5.09. The Hall–Kier alpha value is -1.05. The summed E-state index contributed by atoms with van der Waals surface area (Å²) in [7, 11) is 0. The molecule has 0 aromatic rings. The lowest BCUT2D eigenvalue weighted by atomic mass is 10.4. The maximum absolute atomic E-state index is 10.1. The molecule has 3 heteroatoms. The lowest BCUT2D eigenvalue weighted by Crippen LogP contribution is -1.92. The van der Waals surface area contributed by atoms with Gasteiger partial charge in [0, 0.05) is 0 Å². The largest absolute Gasteiger partial charge is 0.373 e. The predicted octanol–water partition coefficient (Wildman–Crippen LogP) is 1.12. The van der Waals surface area contributed by atoms with Gasteiger partial charge in [0.1, 0.15) is 0 Å². The van der Waals surface area contributed by atoms with Crippen LogP contribution < -0.4 is 0 Å². The Bertz CT molecular complexity index is 142. The van der Waals surface area contributed by atoms with Gasteiger partial charge in [-0.25, -0.2) is 4.79 Å². The van der Waals surface area contributed by atoms with Gasteiger partial charge < -0.3 is 0 Å². The molecule has 0 amide bonds. The summed E-state index contributed by atoms with van der Waals surface area (Å²) in [5.74, 6) is -0.806. The van der Waals surface area contributed by atoms with Crippen LogP contribution in [0.15, 0.2) is 17.9 Å². The number of rotatable bonds is 2. The van der Waals surface area contributed by atoms with Crippen LogP contribution in [0.2, 0.25) is 0 Å². The van der Waals surface area contributed by atoms with Crippen LogP contribution in [0.5, 0.6) is 0 Å². The highest BCUT2D eigenvalue weighted by molar-refractivity contribution is 5.80. The first kappa shape index (κ1) is 7.95. The van der Waals surface area contributed by atoms with Gasteiger partial charge in [-0.2, -0.15) is 5.26 Å². The summed E-state index contributed by atoms with van der Waals surface area (Å²) in [6.07, 6.45) is 3.47. The molecule has 0 atom stereocenters. The molecule has 0 aliphatic heterocycles. The molecule has 0 fully saturated rings. The van der Waals surface area contributed by atoms with Crippen molar-refractivity contribution in [2.75, 3.05) is 0 Å². The second-order valence-corrected chi connectivity index (χ2v) is 1.33. The van der Waals surface area contributed by atoms with Crippen LogP contribution in [-0.2, 0) is 9.68 Å². The van der Waals surface area contributed by atoms with Gasteiger partial charge in [0.15, 0.2) is 0 Å². The van der Waals surface area contributed by atoms with Gasteiger partial charge in [0.05, 0.1) is 6.08 Å². The topological polar surface area (TPSA) is 46.5 Å². The SMILES string of the molecule is CCC=C=CC(=O)OO. The zero-order valence-electron chi connectivity index (χ0n) is 5.13. The average molecular weight is 128 g/mol. The molecular formula is C6H8O3. The van der Waals surface area contributed by atoms with E-state index in [0.717, 1.165) is 12.5 Å². The molecule has 0 radical (unpaired) electrons. The standard InChI is InChI=1S/C6H8O3/c1-2-3-4-5-6(7)9-8/h3,5,8H,2H2,1H3. The van der Waals surface area contributed by atoms with E-state index in [2.05, 4.69) is 10.6 Å². The molecular weight excluding hydrogens is 120 g/mol. The summed E-state index contributed by atoms with van der Waals surface area (Å²) in [6.45, 7) is 1.91. The molecule has 0 unspecified atom stereocenters. The molecule has 9 heavy (non-hydrogen) atoms. The number of hydrogen-bond donors (Lipinski definition) is 1. The van der Waals surface area contributed by atoms with Crippen LogP contribution in [0, 0.1) is 0 Å². The van der Waals surface area contributed by atoms with Crippen LogP contribution in [0.1, 0.15) is 13.3 Å². The Morgan fingerprint density at radius 1 is 1.89 bits per heavy atom. The molecule has 0 aromatic heterocycles. The molecule has 0 spiro atoms. The predicted molar refractivity (Wildman–Crippen MR) is 31.7 cm³/mol. The summed E-state index contributed by atoms with van der Waals surface area (Å²) in [4.78, 5) is 13.4. The van der Waals surface area contributed by atoms with E-state index in [1.807, 2.05) is 6.92 Å². The summed E-state index contributed by atoms with van der Waals surface area (Å²) in [5.41, 5.74) is 2.50. The van der Waals surface area contributed by atoms with Crippen LogP contribution >= 0.6 is 0 Å². The van der Waals surface area contributed by atoms with Gasteiger partial charge in [0.25, 0.3) is 0 Å². The van der Waals surface area contributed by atoms with E-state index in [4.69, 9.17) is 5.26 Å². The van der Waals surface area contributed by atoms with Crippen molar-refractivity contribution in [3.05, 3.63) is 17.9 Å². The number of carbonyl (C=O) groups is 1. The first-order valence-electron chi connectivity index (χ1n) is 2.57. The molecule has 50 valence electrons. The Labute approximate surface area is 53.2 Å². The smallest absolute Gasteiger partial charge is 0.295 e. The maximum Gasteiger partial charge on any atom is 0.373 e. The third kappa shape index (κ3) is 4.81. The van der Waals surface area contributed by atoms with Gasteiger partial charge in [0.2, 0.25) is 0 Å². The maximum atomic E-state index is 10.1. The molecule has 1 N–H and O–H groups in total. The zero-order valence-corrected chi connectivity index (χ0v) is 5.13. The van der Waals surface area contributed by atoms with Crippen molar-refractivity contribution < 1.29 is 14.9 Å². The quantitative estimate of drug-likeness (QED) is 0.262. The summed E-state index contributed by atoms with van der Waals surface area (Å²) >= 11 is 0. The molecule has 0 saturated heterocycles. The minimum Gasteiger partial charge on any atom is -0.295 e. The summed E-state index contributed by atoms with van der Waals surface area (Å²) in [5, 5.41) is 7.70. The Kier molecular flexibility index (Phi) is 4.50. The fourth-order valence-electron chi connectivity index (χ4n) is 0.271. The van der Waals surface area contributed by atoms with Gasteiger partial charge in [-0.3, -0.25) is 4.89 Å². The second-order valence-electron chi connectivity index (χ2n) is 1.33. The highest BCUT2D eigenvalue weighted by Gasteiger charge is 1.88. The van der Waals surface area contributed by atoms with Crippen molar-refractivity contribution in [2.45, 2.75) is 13.3 Å². The molecule has 0 heterocycles. The number of hydrogen-bond acceptors (Lipinski definition) is 3. The molecule has 0 saturated carbocycles. The molecule has 3 nitrogen and oxygen atoms in total. The summed E-state index contributed by atoms with van der Waals surface area (Å²) < 4.78 is 0. The third-order valence-electron chi connectivity index (χ3n) is 0.613. The van der Waals surface area contributed by atoms with Crippen LogP contribution in [0.25, 0.3) is 0 Å². The molecule has 0 bridgehead atoms. The van der Waals surface area contributed by atoms with Crippen molar-refractivity contribution in [1.29, 1.82) is 0 Å². The van der Waals surface area contributed by atoms with E-state index in [9.17, 15) is 4.79 Å². The van der Waals surface area contributed by atoms with E-state index >= 15 is 0 Å². The zero-order chi connectivity index (χ0) is 7.11. The molecule has 0 rings (SSSR count). The molecule has 0 aromatic carbocycles. The van der Waals surface area contributed by atoms with E-state index in [1.165, 1.54) is 0 Å². The normalized spacial score (nSPS) is 7.33. The van der Waals surface area contributed by atoms with Crippen molar-refractivity contribution in [3.63, 3.8) is 0 Å².